The van der Waals surface area contributed by atoms with Crippen LogP contribution in [0.2, 0.25) is 0 Å². The van der Waals surface area contributed by atoms with E-state index in [1.807, 2.05) is 0 Å². The summed E-state index contributed by atoms with van der Waals surface area (Å²) in [6.45, 7) is 3.25. The van der Waals surface area contributed by atoms with Crippen LogP contribution in [0.5, 0.6) is 0 Å². The van der Waals surface area contributed by atoms with Gasteiger partial charge in [-0.15, -0.1) is 24.8 Å². The lowest BCUT2D eigenvalue weighted by molar-refractivity contribution is 0.599. The second-order valence-corrected chi connectivity index (χ2v) is 12.0. The molecular formula is C26H29Cl2N5O4S2. The zero-order valence-electron chi connectivity index (χ0n) is 20.8. The Hall–Kier alpha value is -3.09. The van der Waals surface area contributed by atoms with Gasteiger partial charge in [-0.05, 0) is 55.4 Å². The van der Waals surface area contributed by atoms with Gasteiger partial charge in [-0.1, -0.05) is 36.4 Å². The first-order valence-corrected chi connectivity index (χ1v) is 14.8. The summed E-state index contributed by atoms with van der Waals surface area (Å²) in [4.78, 5) is 6.48. The number of benzene rings is 3. The molecule has 3 N–H and O–H groups in total. The fourth-order valence-corrected chi connectivity index (χ4v) is 6.65. The maximum absolute atomic E-state index is 13.5. The highest BCUT2D eigenvalue weighted by atomic mass is 35.5. The Bertz CT molecular complexity index is 1630. The summed E-state index contributed by atoms with van der Waals surface area (Å²) < 4.78 is 58.5. The third-order valence-electron chi connectivity index (χ3n) is 6.14. The van der Waals surface area contributed by atoms with E-state index in [9.17, 15) is 16.8 Å². The molecule has 13 heteroatoms. The molecule has 39 heavy (non-hydrogen) atoms. The van der Waals surface area contributed by atoms with Gasteiger partial charge < -0.3 is 10.2 Å². The van der Waals surface area contributed by atoms with Gasteiger partial charge in [-0.2, -0.15) is 0 Å². The molecule has 0 amide bonds. The zero-order valence-corrected chi connectivity index (χ0v) is 24.0. The highest BCUT2D eigenvalue weighted by Gasteiger charge is 2.23. The number of sulfonamides is 2. The van der Waals surface area contributed by atoms with Gasteiger partial charge in [0.15, 0.2) is 0 Å². The van der Waals surface area contributed by atoms with Crippen molar-refractivity contribution < 1.29 is 16.8 Å². The van der Waals surface area contributed by atoms with Crippen molar-refractivity contribution in [1.29, 1.82) is 0 Å². The molecule has 2 heterocycles. The normalized spacial score (nSPS) is 14.0. The molecule has 0 saturated carbocycles. The molecule has 9 nitrogen and oxygen atoms in total. The van der Waals surface area contributed by atoms with Gasteiger partial charge in [-0.3, -0.25) is 14.4 Å². The van der Waals surface area contributed by atoms with Gasteiger partial charge in [0.05, 0.1) is 21.8 Å². The number of pyridine rings is 1. The van der Waals surface area contributed by atoms with E-state index in [4.69, 9.17) is 0 Å². The van der Waals surface area contributed by atoms with Gasteiger partial charge in [0, 0.05) is 36.9 Å². The van der Waals surface area contributed by atoms with Crippen LogP contribution in [-0.4, -0.2) is 48.0 Å². The van der Waals surface area contributed by atoms with Crippen LogP contribution in [0.4, 0.5) is 17.1 Å². The molecule has 1 aliphatic heterocycles. The first-order chi connectivity index (χ1) is 17.8. The molecule has 0 spiro atoms. The second-order valence-electron chi connectivity index (χ2n) is 8.68. The van der Waals surface area contributed by atoms with Crippen LogP contribution in [0.3, 0.4) is 0 Å². The Morgan fingerprint density at radius 2 is 1.49 bits per heavy atom. The molecule has 5 rings (SSSR count). The minimum absolute atomic E-state index is 0. The van der Waals surface area contributed by atoms with Gasteiger partial charge in [0.1, 0.15) is 4.90 Å². The molecule has 1 aromatic heterocycles. The number of anilines is 3. The predicted octanol–water partition coefficient (Wildman–Crippen LogP) is 4.48. The number of rotatable bonds is 7. The molecule has 0 aliphatic carbocycles. The van der Waals surface area contributed by atoms with Gasteiger partial charge in [-0.25, -0.2) is 16.8 Å². The SMILES string of the molecule is Cl.Cl.O=S(=O)(Nc1cc(N2CCCNCC2)ccc1NS(=O)(=O)c1cccc2cccnc12)c1ccccc1. The van der Waals surface area contributed by atoms with Crippen LogP contribution in [0.15, 0.2) is 94.9 Å². The number of nitrogens with zero attached hydrogens (tertiary/aromatic N) is 2. The molecule has 0 atom stereocenters. The Labute approximate surface area is 241 Å². The van der Waals surface area contributed by atoms with Gasteiger partial charge in [0.2, 0.25) is 0 Å². The van der Waals surface area contributed by atoms with Crippen molar-refractivity contribution in [2.75, 3.05) is 40.5 Å². The number of fused-ring (bicyclic) bond motifs is 1. The minimum atomic E-state index is -4.10. The molecule has 1 fully saturated rings. The standard InChI is InChI=1S/C26H27N5O4S2.2ClH/c32-36(33,22-9-2-1-3-10-22)30-24-19-21(31-17-6-14-27-16-18-31)12-13-23(24)29-37(34,35)25-11-4-7-20-8-5-15-28-26(20)25;;/h1-5,7-13,15,19,27,29-30H,6,14,16-18H2;2*1H. The van der Waals surface area contributed by atoms with Gasteiger partial charge >= 0.3 is 0 Å². The molecule has 208 valence electrons. The zero-order chi connectivity index (χ0) is 25.9. The van der Waals surface area contributed by atoms with E-state index in [1.165, 1.54) is 24.4 Å². The van der Waals surface area contributed by atoms with Crippen molar-refractivity contribution in [2.24, 2.45) is 0 Å². The minimum Gasteiger partial charge on any atom is -0.370 e. The Kier molecular flexibility index (Phi) is 10.0. The number of aromatic nitrogens is 1. The van der Waals surface area contributed by atoms with Crippen LogP contribution >= 0.6 is 24.8 Å². The van der Waals surface area contributed by atoms with E-state index in [-0.39, 0.29) is 46.0 Å². The summed E-state index contributed by atoms with van der Waals surface area (Å²) in [6, 6.07) is 21.4. The fourth-order valence-electron chi connectivity index (χ4n) is 4.30. The van der Waals surface area contributed by atoms with Crippen molar-refractivity contribution in [2.45, 2.75) is 16.2 Å². The van der Waals surface area contributed by atoms with E-state index in [0.29, 0.717) is 10.9 Å². The molecule has 0 bridgehead atoms. The fraction of sp³-hybridized carbons (Fsp3) is 0.192. The third kappa shape index (κ3) is 6.92. The average molecular weight is 611 g/mol. The van der Waals surface area contributed by atoms with Crippen molar-refractivity contribution >= 4 is 72.8 Å². The third-order valence-corrected chi connectivity index (χ3v) is 8.91. The van der Waals surface area contributed by atoms with Crippen LogP contribution in [0.1, 0.15) is 6.42 Å². The van der Waals surface area contributed by atoms with Crippen LogP contribution < -0.4 is 19.7 Å². The Morgan fingerprint density at radius 1 is 0.744 bits per heavy atom. The Morgan fingerprint density at radius 3 is 2.28 bits per heavy atom. The monoisotopic (exact) mass is 609 g/mol. The molecule has 0 unspecified atom stereocenters. The number of halogens is 2. The first-order valence-electron chi connectivity index (χ1n) is 11.9. The number of hydrogen-bond donors (Lipinski definition) is 3. The Balaban J connectivity index is 0.00000210. The molecule has 0 radical (unpaired) electrons. The van der Waals surface area contributed by atoms with Crippen LogP contribution in [0, 0.1) is 0 Å². The highest BCUT2D eigenvalue weighted by Crippen LogP contribution is 2.33. The molecular weight excluding hydrogens is 581 g/mol. The van der Waals surface area contributed by atoms with Crippen LogP contribution in [-0.2, 0) is 20.0 Å². The number of nitrogens with one attached hydrogen (secondary N) is 3. The quantitative estimate of drug-likeness (QED) is 0.282. The van der Waals surface area contributed by atoms with Crippen molar-refractivity contribution in [1.82, 2.24) is 10.3 Å². The van der Waals surface area contributed by atoms with E-state index in [2.05, 4.69) is 24.6 Å². The average Bonchev–Trinajstić information content (AvgIpc) is 3.19. The van der Waals surface area contributed by atoms with Gasteiger partial charge in [0.25, 0.3) is 20.0 Å². The van der Waals surface area contributed by atoms with E-state index in [0.717, 1.165) is 38.3 Å². The highest BCUT2D eigenvalue weighted by molar-refractivity contribution is 7.93. The van der Waals surface area contributed by atoms with Crippen molar-refractivity contribution in [3.8, 4) is 0 Å². The lowest BCUT2D eigenvalue weighted by Gasteiger charge is -2.24. The topological polar surface area (TPSA) is 120 Å². The summed E-state index contributed by atoms with van der Waals surface area (Å²) >= 11 is 0. The largest absolute Gasteiger partial charge is 0.370 e. The summed E-state index contributed by atoms with van der Waals surface area (Å²) in [5.74, 6) is 0. The maximum Gasteiger partial charge on any atom is 0.264 e. The maximum atomic E-state index is 13.5. The lowest BCUT2D eigenvalue weighted by atomic mass is 10.2. The van der Waals surface area contributed by atoms with Crippen molar-refractivity contribution in [3.05, 3.63) is 85.1 Å². The summed E-state index contributed by atoms with van der Waals surface area (Å²) in [6.07, 6.45) is 2.47. The van der Waals surface area contributed by atoms with Crippen LogP contribution in [0.25, 0.3) is 10.9 Å². The molecule has 1 saturated heterocycles. The first kappa shape index (κ1) is 30.5. The summed E-state index contributed by atoms with van der Waals surface area (Å²) in [7, 11) is -8.07. The number of para-hydroxylation sites is 1. The van der Waals surface area contributed by atoms with E-state index >= 15 is 0 Å². The summed E-state index contributed by atoms with van der Waals surface area (Å²) in [5.41, 5.74) is 1.38. The second kappa shape index (κ2) is 12.8. The van der Waals surface area contributed by atoms with E-state index in [1.54, 1.807) is 60.7 Å². The lowest BCUT2D eigenvalue weighted by Crippen LogP contribution is -2.28. The molecule has 4 aromatic rings. The van der Waals surface area contributed by atoms with Crippen molar-refractivity contribution in [3.63, 3.8) is 0 Å². The van der Waals surface area contributed by atoms with E-state index < -0.39 is 20.0 Å². The molecule has 3 aromatic carbocycles. The smallest absolute Gasteiger partial charge is 0.264 e. The predicted molar refractivity (Wildman–Crippen MR) is 160 cm³/mol. The number of hydrogen-bond acceptors (Lipinski definition) is 7. The summed E-state index contributed by atoms with van der Waals surface area (Å²) in [5, 5.41) is 4.03. The molecule has 1 aliphatic rings.